The zero-order valence-electron chi connectivity index (χ0n) is 14.5. The van der Waals surface area contributed by atoms with Gasteiger partial charge in [0.05, 0.1) is 17.2 Å². The van der Waals surface area contributed by atoms with E-state index in [0.29, 0.717) is 12.2 Å². The van der Waals surface area contributed by atoms with Gasteiger partial charge in [-0.1, -0.05) is 6.07 Å². The average molecular weight is 337 g/mol. The summed E-state index contributed by atoms with van der Waals surface area (Å²) < 4.78 is 0. The molecule has 24 heavy (non-hydrogen) atoms. The Kier molecular flexibility index (Phi) is 7.31. The second-order valence-corrected chi connectivity index (χ2v) is 5.98. The van der Waals surface area contributed by atoms with E-state index in [2.05, 4.69) is 10.6 Å². The lowest BCUT2D eigenvalue weighted by molar-refractivity contribution is -0.881. The van der Waals surface area contributed by atoms with Crippen LogP contribution >= 0.6 is 0 Å². The van der Waals surface area contributed by atoms with Crippen molar-refractivity contribution >= 4 is 23.2 Å². The molecule has 0 aromatic heterocycles. The highest BCUT2D eigenvalue weighted by Gasteiger charge is 2.18. The molecular formula is C16H25N4O4+. The smallest absolute Gasteiger partial charge is 0.279 e. The number of nitro groups is 1. The van der Waals surface area contributed by atoms with Gasteiger partial charge in [-0.2, -0.15) is 0 Å². The number of hydrogen-bond donors (Lipinski definition) is 3. The molecule has 1 atom stereocenters. The molecule has 0 aliphatic carbocycles. The van der Waals surface area contributed by atoms with Crippen molar-refractivity contribution in [3.63, 3.8) is 0 Å². The first-order chi connectivity index (χ1) is 11.2. The molecule has 1 aromatic carbocycles. The van der Waals surface area contributed by atoms with E-state index in [-0.39, 0.29) is 36.6 Å². The van der Waals surface area contributed by atoms with Gasteiger partial charge in [-0.15, -0.1) is 0 Å². The lowest BCUT2D eigenvalue weighted by Crippen LogP contribution is -3.14. The molecule has 0 radical (unpaired) electrons. The van der Waals surface area contributed by atoms with Gasteiger partial charge in [-0.05, 0) is 33.3 Å². The van der Waals surface area contributed by atoms with Gasteiger partial charge >= 0.3 is 0 Å². The van der Waals surface area contributed by atoms with E-state index in [4.69, 9.17) is 0 Å². The Labute approximate surface area is 141 Å². The van der Waals surface area contributed by atoms with E-state index >= 15 is 0 Å². The van der Waals surface area contributed by atoms with Gasteiger partial charge < -0.3 is 15.5 Å². The van der Waals surface area contributed by atoms with Crippen LogP contribution in [0.5, 0.6) is 0 Å². The van der Waals surface area contributed by atoms with Crippen molar-refractivity contribution < 1.29 is 19.4 Å². The highest BCUT2D eigenvalue weighted by atomic mass is 16.6. The van der Waals surface area contributed by atoms with Crippen LogP contribution in [0.1, 0.15) is 26.3 Å². The van der Waals surface area contributed by atoms with E-state index < -0.39 is 4.92 Å². The molecule has 0 bridgehead atoms. The van der Waals surface area contributed by atoms with Crippen LogP contribution in [0.25, 0.3) is 0 Å². The predicted molar refractivity (Wildman–Crippen MR) is 91.0 cm³/mol. The molecule has 0 saturated carbocycles. The molecule has 0 fully saturated rings. The van der Waals surface area contributed by atoms with Gasteiger partial charge in [0.15, 0.2) is 13.1 Å². The molecule has 3 N–H and O–H groups in total. The minimum atomic E-state index is -0.505. The Balaban J connectivity index is 2.68. The lowest BCUT2D eigenvalue weighted by Gasteiger charge is -2.18. The highest BCUT2D eigenvalue weighted by Crippen LogP contribution is 2.21. The van der Waals surface area contributed by atoms with Gasteiger partial charge in [0, 0.05) is 18.2 Å². The number of anilines is 1. The Morgan fingerprint density at radius 3 is 2.42 bits per heavy atom. The third kappa shape index (κ3) is 6.33. The molecule has 0 aliphatic rings. The number of aryl methyl sites for hydroxylation is 1. The minimum absolute atomic E-state index is 0.0527. The number of hydrogen-bond acceptors (Lipinski definition) is 4. The van der Waals surface area contributed by atoms with Crippen molar-refractivity contribution in [1.82, 2.24) is 5.32 Å². The van der Waals surface area contributed by atoms with Crippen LogP contribution in [0.3, 0.4) is 0 Å². The summed E-state index contributed by atoms with van der Waals surface area (Å²) in [6.07, 6.45) is 0. The Morgan fingerprint density at radius 2 is 1.88 bits per heavy atom. The highest BCUT2D eigenvalue weighted by molar-refractivity contribution is 5.92. The number of non-ortho nitro benzene ring substituents is 1. The average Bonchev–Trinajstić information content (AvgIpc) is 2.47. The number of carbonyl (C=O) groups is 2. The SMILES string of the molecule is CC[NH+](CC(=O)Nc1cc([N+](=O)[O-])ccc1C)CC(=O)NC(C)C. The number of nitro benzene ring substituents is 1. The number of likely N-dealkylation sites (N-methyl/N-ethyl adjacent to an activating group) is 1. The van der Waals surface area contributed by atoms with Gasteiger partial charge in [0.25, 0.3) is 17.5 Å². The van der Waals surface area contributed by atoms with Gasteiger partial charge in [0.2, 0.25) is 0 Å². The topological polar surface area (TPSA) is 106 Å². The number of carbonyl (C=O) groups excluding carboxylic acids is 2. The Morgan fingerprint density at radius 1 is 1.25 bits per heavy atom. The monoisotopic (exact) mass is 337 g/mol. The number of nitrogens with one attached hydrogen (secondary N) is 3. The fourth-order valence-corrected chi connectivity index (χ4v) is 2.19. The first-order valence-corrected chi connectivity index (χ1v) is 7.90. The third-order valence-electron chi connectivity index (χ3n) is 3.48. The molecule has 0 aliphatic heterocycles. The van der Waals surface area contributed by atoms with Crippen LogP contribution < -0.4 is 15.5 Å². The number of amides is 2. The molecule has 0 heterocycles. The van der Waals surface area contributed by atoms with Crippen LogP contribution in [0, 0.1) is 17.0 Å². The molecule has 2 amide bonds. The van der Waals surface area contributed by atoms with Gasteiger partial charge in [-0.3, -0.25) is 19.7 Å². The summed E-state index contributed by atoms with van der Waals surface area (Å²) in [5.74, 6) is -0.394. The second kappa shape index (κ2) is 8.97. The largest absolute Gasteiger partial charge is 0.349 e. The minimum Gasteiger partial charge on any atom is -0.349 e. The lowest BCUT2D eigenvalue weighted by atomic mass is 10.2. The molecule has 8 heteroatoms. The van der Waals surface area contributed by atoms with Crippen LogP contribution in [0.4, 0.5) is 11.4 Å². The Bertz CT molecular complexity index is 616. The summed E-state index contributed by atoms with van der Waals surface area (Å²) in [5, 5.41) is 16.3. The summed E-state index contributed by atoms with van der Waals surface area (Å²) in [6, 6.07) is 4.38. The zero-order chi connectivity index (χ0) is 18.3. The van der Waals surface area contributed by atoms with E-state index in [9.17, 15) is 19.7 Å². The molecular weight excluding hydrogens is 312 g/mol. The van der Waals surface area contributed by atoms with Crippen molar-refractivity contribution in [2.24, 2.45) is 0 Å². The molecule has 132 valence electrons. The first-order valence-electron chi connectivity index (χ1n) is 7.90. The van der Waals surface area contributed by atoms with E-state index in [1.54, 1.807) is 13.0 Å². The Hall–Kier alpha value is -2.48. The molecule has 0 spiro atoms. The fourth-order valence-electron chi connectivity index (χ4n) is 2.19. The zero-order valence-corrected chi connectivity index (χ0v) is 14.5. The van der Waals surface area contributed by atoms with E-state index in [0.717, 1.165) is 10.5 Å². The molecule has 0 saturated heterocycles. The summed E-state index contributed by atoms with van der Waals surface area (Å²) >= 11 is 0. The van der Waals surface area contributed by atoms with Crippen LogP contribution in [-0.2, 0) is 9.59 Å². The first kappa shape index (κ1) is 19.6. The van der Waals surface area contributed by atoms with Crippen LogP contribution in [0.2, 0.25) is 0 Å². The van der Waals surface area contributed by atoms with E-state index in [1.807, 2.05) is 20.8 Å². The van der Waals surface area contributed by atoms with Crippen molar-refractivity contribution in [3.05, 3.63) is 33.9 Å². The standard InChI is InChI=1S/C16H24N4O4/c1-5-19(9-15(21)17-11(2)3)10-16(22)18-14-8-13(20(23)24)7-6-12(14)4/h6-8,11H,5,9-10H2,1-4H3,(H,17,21)(H,18,22)/p+1. The quantitative estimate of drug-likeness (QED) is 0.468. The van der Waals surface area contributed by atoms with Crippen molar-refractivity contribution in [2.45, 2.75) is 33.7 Å². The summed E-state index contributed by atoms with van der Waals surface area (Å²) in [5.41, 5.74) is 1.08. The summed E-state index contributed by atoms with van der Waals surface area (Å²) in [6.45, 7) is 8.35. The number of nitrogens with zero attached hydrogens (tertiary/aromatic N) is 1. The second-order valence-electron chi connectivity index (χ2n) is 5.98. The number of benzene rings is 1. The number of quaternary nitrogens is 1. The van der Waals surface area contributed by atoms with Gasteiger partial charge in [-0.25, -0.2) is 0 Å². The van der Waals surface area contributed by atoms with Crippen molar-refractivity contribution in [1.29, 1.82) is 0 Å². The predicted octanol–water partition coefficient (Wildman–Crippen LogP) is 0.271. The van der Waals surface area contributed by atoms with E-state index in [1.165, 1.54) is 12.1 Å². The summed E-state index contributed by atoms with van der Waals surface area (Å²) in [4.78, 5) is 35.1. The summed E-state index contributed by atoms with van der Waals surface area (Å²) in [7, 11) is 0. The van der Waals surface area contributed by atoms with Crippen LogP contribution in [-0.4, -0.2) is 42.4 Å². The third-order valence-corrected chi connectivity index (χ3v) is 3.48. The molecule has 1 rings (SSSR count). The normalized spacial score (nSPS) is 11.9. The van der Waals surface area contributed by atoms with Crippen molar-refractivity contribution in [2.75, 3.05) is 25.0 Å². The van der Waals surface area contributed by atoms with Gasteiger partial charge in [0.1, 0.15) is 0 Å². The maximum atomic E-state index is 12.2. The molecule has 8 nitrogen and oxygen atoms in total. The molecule has 1 unspecified atom stereocenters. The van der Waals surface area contributed by atoms with Crippen molar-refractivity contribution in [3.8, 4) is 0 Å². The maximum Gasteiger partial charge on any atom is 0.279 e. The number of rotatable bonds is 8. The maximum absolute atomic E-state index is 12.2. The fraction of sp³-hybridized carbons (Fsp3) is 0.500. The molecule has 1 aromatic rings. The van der Waals surface area contributed by atoms with Crippen LogP contribution in [0.15, 0.2) is 18.2 Å².